The van der Waals surface area contributed by atoms with E-state index in [4.69, 9.17) is 0 Å². The van der Waals surface area contributed by atoms with Crippen LogP contribution in [0.2, 0.25) is 0 Å². The second kappa shape index (κ2) is 13.8. The molecule has 1 fully saturated rings. The van der Waals surface area contributed by atoms with Crippen LogP contribution in [0.25, 0.3) is 0 Å². The first-order chi connectivity index (χ1) is 18.3. The Hall–Kier alpha value is -1.87. The van der Waals surface area contributed by atoms with Crippen molar-refractivity contribution in [1.82, 2.24) is 20.9 Å². The molecule has 0 atom stereocenters. The topological polar surface area (TPSA) is 42.6 Å². The van der Waals surface area contributed by atoms with Gasteiger partial charge in [0.05, 0.1) is 11.4 Å². The lowest BCUT2D eigenvalue weighted by Crippen LogP contribution is -2.36. The standard InChI is InChI=1S/C30H38BrN5S/c31-26-20-24(22-35-17-6-13-33-15-14-32-11-5-12-34-16-18-35)19-25(21-26)23-36-27-7-1-3-9-29(27)37-30-10-4-2-8-28(30)36/h1-4,7-10,19-21,32-34H,5-6,11-18,22-23H2. The minimum absolute atomic E-state index is 0.848. The van der Waals surface area contributed by atoms with Gasteiger partial charge in [0.1, 0.15) is 0 Å². The average molecular weight is 581 g/mol. The Bertz CT molecular complexity index is 1100. The summed E-state index contributed by atoms with van der Waals surface area (Å²) >= 11 is 5.69. The highest BCUT2D eigenvalue weighted by Crippen LogP contribution is 2.48. The van der Waals surface area contributed by atoms with Gasteiger partial charge in [-0.05, 0) is 86.5 Å². The lowest BCUT2D eigenvalue weighted by Gasteiger charge is -2.33. The van der Waals surface area contributed by atoms with E-state index >= 15 is 0 Å². The van der Waals surface area contributed by atoms with Crippen molar-refractivity contribution < 1.29 is 0 Å². The van der Waals surface area contributed by atoms with E-state index < -0.39 is 0 Å². The highest BCUT2D eigenvalue weighted by atomic mass is 79.9. The van der Waals surface area contributed by atoms with Crippen LogP contribution in [0.5, 0.6) is 0 Å². The summed E-state index contributed by atoms with van der Waals surface area (Å²) in [5.41, 5.74) is 5.28. The molecule has 1 saturated heterocycles. The van der Waals surface area contributed by atoms with Gasteiger partial charge in [-0.3, -0.25) is 4.90 Å². The Labute approximate surface area is 234 Å². The molecule has 3 aromatic carbocycles. The molecule has 5 nitrogen and oxygen atoms in total. The van der Waals surface area contributed by atoms with Gasteiger partial charge in [-0.1, -0.05) is 58.0 Å². The van der Waals surface area contributed by atoms with Crippen molar-refractivity contribution in [2.24, 2.45) is 0 Å². The number of fused-ring (bicyclic) bond motifs is 2. The summed E-state index contributed by atoms with van der Waals surface area (Å²) < 4.78 is 1.15. The van der Waals surface area contributed by atoms with Gasteiger partial charge in [-0.25, -0.2) is 0 Å². The molecule has 2 aliphatic rings. The molecule has 3 aromatic rings. The number of halogens is 1. The van der Waals surface area contributed by atoms with Gasteiger partial charge >= 0.3 is 0 Å². The van der Waals surface area contributed by atoms with E-state index in [1.165, 1.54) is 45.1 Å². The summed E-state index contributed by atoms with van der Waals surface area (Å²) in [7, 11) is 0. The van der Waals surface area contributed by atoms with Gasteiger partial charge in [0.25, 0.3) is 0 Å². The Morgan fingerprint density at radius 3 is 1.95 bits per heavy atom. The van der Waals surface area contributed by atoms with Crippen molar-refractivity contribution in [3.8, 4) is 0 Å². The maximum absolute atomic E-state index is 3.82. The first-order valence-corrected chi connectivity index (χ1v) is 15.1. The van der Waals surface area contributed by atoms with Crippen molar-refractivity contribution in [3.05, 3.63) is 82.3 Å². The van der Waals surface area contributed by atoms with Crippen LogP contribution >= 0.6 is 27.7 Å². The summed E-state index contributed by atoms with van der Waals surface area (Å²) in [6.07, 6.45) is 2.34. The molecule has 0 radical (unpaired) electrons. The maximum Gasteiger partial charge on any atom is 0.0556 e. The van der Waals surface area contributed by atoms with Gasteiger partial charge in [0.15, 0.2) is 0 Å². The van der Waals surface area contributed by atoms with E-state index in [2.05, 4.69) is 108 Å². The zero-order valence-corrected chi connectivity index (χ0v) is 23.9. The highest BCUT2D eigenvalue weighted by Gasteiger charge is 2.23. The number of nitrogens with one attached hydrogen (secondary N) is 3. The smallest absolute Gasteiger partial charge is 0.0556 e. The lowest BCUT2D eigenvalue weighted by molar-refractivity contribution is 0.260. The zero-order valence-electron chi connectivity index (χ0n) is 21.5. The van der Waals surface area contributed by atoms with Crippen molar-refractivity contribution in [2.75, 3.05) is 57.3 Å². The summed E-state index contributed by atoms with van der Waals surface area (Å²) in [6.45, 7) is 10.4. The van der Waals surface area contributed by atoms with E-state index in [0.29, 0.717) is 0 Å². The van der Waals surface area contributed by atoms with Crippen molar-refractivity contribution >= 4 is 39.1 Å². The van der Waals surface area contributed by atoms with Crippen LogP contribution in [0.15, 0.2) is 81.0 Å². The molecule has 0 saturated carbocycles. The van der Waals surface area contributed by atoms with E-state index in [0.717, 1.165) is 69.9 Å². The Morgan fingerprint density at radius 1 is 0.649 bits per heavy atom. The third-order valence-corrected chi connectivity index (χ3v) is 8.50. The summed E-state index contributed by atoms with van der Waals surface area (Å²) in [5.74, 6) is 0. The minimum Gasteiger partial charge on any atom is -0.335 e. The maximum atomic E-state index is 3.82. The molecule has 5 rings (SSSR count). The summed E-state index contributed by atoms with van der Waals surface area (Å²) in [6, 6.07) is 24.5. The van der Waals surface area contributed by atoms with E-state index in [9.17, 15) is 0 Å². The Kier molecular flexibility index (Phi) is 9.96. The van der Waals surface area contributed by atoms with E-state index in [-0.39, 0.29) is 0 Å². The predicted molar refractivity (Wildman–Crippen MR) is 160 cm³/mol. The fourth-order valence-electron chi connectivity index (χ4n) is 5.12. The molecule has 0 unspecified atom stereocenters. The van der Waals surface area contributed by atoms with Gasteiger partial charge in [0, 0.05) is 53.5 Å². The molecule has 0 amide bonds. The first-order valence-electron chi connectivity index (χ1n) is 13.5. The summed E-state index contributed by atoms with van der Waals surface area (Å²) in [5, 5.41) is 10.7. The minimum atomic E-state index is 0.848. The van der Waals surface area contributed by atoms with Crippen LogP contribution in [0, 0.1) is 0 Å². The molecule has 0 bridgehead atoms. The Balaban J connectivity index is 1.31. The Morgan fingerprint density at radius 2 is 1.24 bits per heavy atom. The predicted octanol–water partition coefficient (Wildman–Crippen LogP) is 5.62. The van der Waals surface area contributed by atoms with Gasteiger partial charge in [0.2, 0.25) is 0 Å². The SMILES string of the molecule is Brc1cc(CN2CCCNCCNCCCNCC2)cc(CN2c3ccccc3Sc3ccccc32)c1. The number of para-hydroxylation sites is 2. The van der Waals surface area contributed by atoms with Crippen LogP contribution in [-0.4, -0.2) is 57.3 Å². The lowest BCUT2D eigenvalue weighted by atomic mass is 10.1. The molecule has 196 valence electrons. The molecular weight excluding hydrogens is 542 g/mol. The molecular formula is C30H38BrN5S. The number of benzene rings is 3. The number of anilines is 2. The fourth-order valence-corrected chi connectivity index (χ4v) is 6.80. The zero-order chi connectivity index (χ0) is 25.3. The number of rotatable bonds is 4. The molecule has 2 heterocycles. The van der Waals surface area contributed by atoms with Crippen molar-refractivity contribution in [3.63, 3.8) is 0 Å². The highest BCUT2D eigenvalue weighted by molar-refractivity contribution is 9.10. The monoisotopic (exact) mass is 579 g/mol. The van der Waals surface area contributed by atoms with E-state index in [1.54, 1.807) is 0 Å². The van der Waals surface area contributed by atoms with Gasteiger partial charge in [-0.15, -0.1) is 0 Å². The van der Waals surface area contributed by atoms with Crippen molar-refractivity contribution in [1.29, 1.82) is 0 Å². The second-order valence-corrected chi connectivity index (χ2v) is 11.8. The molecule has 3 N–H and O–H groups in total. The van der Waals surface area contributed by atoms with Gasteiger partial charge < -0.3 is 20.9 Å². The van der Waals surface area contributed by atoms with Crippen LogP contribution in [0.1, 0.15) is 24.0 Å². The fraction of sp³-hybridized carbons (Fsp3) is 0.400. The van der Waals surface area contributed by atoms with Crippen molar-refractivity contribution in [2.45, 2.75) is 35.7 Å². The molecule has 7 heteroatoms. The average Bonchev–Trinajstić information content (AvgIpc) is 2.90. The van der Waals surface area contributed by atoms with E-state index in [1.807, 2.05) is 11.8 Å². The first kappa shape index (κ1) is 26.7. The molecule has 0 aromatic heterocycles. The van der Waals surface area contributed by atoms with Crippen LogP contribution < -0.4 is 20.9 Å². The third-order valence-electron chi connectivity index (χ3n) is 6.91. The molecule has 0 aliphatic carbocycles. The summed E-state index contributed by atoms with van der Waals surface area (Å²) in [4.78, 5) is 7.71. The largest absolute Gasteiger partial charge is 0.335 e. The number of hydrogen-bond acceptors (Lipinski definition) is 6. The van der Waals surface area contributed by atoms with Gasteiger partial charge in [-0.2, -0.15) is 0 Å². The van der Waals surface area contributed by atoms with Crippen LogP contribution in [-0.2, 0) is 13.1 Å². The molecule has 2 aliphatic heterocycles. The number of nitrogens with zero attached hydrogens (tertiary/aromatic N) is 2. The third kappa shape index (κ3) is 7.59. The number of hydrogen-bond donors (Lipinski definition) is 3. The molecule has 0 spiro atoms. The second-order valence-electron chi connectivity index (χ2n) is 9.82. The quantitative estimate of drug-likeness (QED) is 0.373. The molecule has 37 heavy (non-hydrogen) atoms. The van der Waals surface area contributed by atoms with Crippen LogP contribution in [0.3, 0.4) is 0 Å². The van der Waals surface area contributed by atoms with Crippen LogP contribution in [0.4, 0.5) is 11.4 Å². The normalized spacial score (nSPS) is 18.0.